The molecule has 0 aliphatic carbocycles. The van der Waals surface area contributed by atoms with Gasteiger partial charge in [0.2, 0.25) is 11.5 Å². The lowest BCUT2D eigenvalue weighted by Gasteiger charge is -2.09. The van der Waals surface area contributed by atoms with Gasteiger partial charge in [-0.2, -0.15) is 8.57 Å². The fourth-order valence-electron chi connectivity index (χ4n) is 2.56. The van der Waals surface area contributed by atoms with Gasteiger partial charge in [0, 0.05) is 16.2 Å². The molecule has 0 bridgehead atoms. The van der Waals surface area contributed by atoms with Crippen LogP contribution < -0.4 is 0 Å². The predicted molar refractivity (Wildman–Crippen MR) is 90.6 cm³/mol. The van der Waals surface area contributed by atoms with Crippen LogP contribution in [0.4, 0.5) is 10.1 Å². The Morgan fingerprint density at radius 2 is 1.92 bits per heavy atom. The summed E-state index contributed by atoms with van der Waals surface area (Å²) >= 11 is 5.80. The number of carbonyl (C=O) groups excluding carboxylic acids is 1. The normalized spacial score (nSPS) is 13.9. The van der Waals surface area contributed by atoms with Crippen LogP contribution in [0.1, 0.15) is 16.7 Å². The summed E-state index contributed by atoms with van der Waals surface area (Å²) in [5, 5.41) is 0.534. The maximum absolute atomic E-state index is 14.4. The Kier molecular flexibility index (Phi) is 4.59. The molecule has 24 heavy (non-hydrogen) atoms. The average Bonchev–Trinajstić information content (AvgIpc) is 2.94. The van der Waals surface area contributed by atoms with Gasteiger partial charge in [-0.3, -0.25) is 0 Å². The van der Waals surface area contributed by atoms with E-state index < -0.39 is 11.8 Å². The lowest BCUT2D eigenvalue weighted by Crippen LogP contribution is -1.98. The Labute approximate surface area is 146 Å². The van der Waals surface area contributed by atoms with Crippen LogP contribution in [0.3, 0.4) is 0 Å². The highest BCUT2D eigenvalue weighted by molar-refractivity contribution is 7.54. The molecule has 1 aliphatic rings. The summed E-state index contributed by atoms with van der Waals surface area (Å²) in [6.07, 6.45) is 0. The van der Waals surface area contributed by atoms with Crippen LogP contribution in [0.15, 0.2) is 40.8 Å². The molecule has 0 atom stereocenters. The van der Waals surface area contributed by atoms with Gasteiger partial charge in [-0.25, -0.2) is 9.18 Å². The van der Waals surface area contributed by atoms with Crippen molar-refractivity contribution in [1.29, 1.82) is 0 Å². The monoisotopic (exact) mass is 363 g/mol. The van der Waals surface area contributed by atoms with Gasteiger partial charge >= 0.3 is 5.97 Å². The number of hydrogen-bond donors (Lipinski definition) is 0. The molecule has 0 radical (unpaired) electrons. The van der Waals surface area contributed by atoms with Crippen molar-refractivity contribution in [3.05, 3.63) is 63.9 Å². The highest BCUT2D eigenvalue weighted by Gasteiger charge is 2.29. The molecule has 1 aliphatic heterocycles. The smallest absolute Gasteiger partial charge is 0.339 e. The fraction of sp³-hybridized carbons (Fsp3) is 0.118. The first kappa shape index (κ1) is 16.5. The van der Waals surface area contributed by atoms with Crippen molar-refractivity contribution in [2.45, 2.75) is 6.92 Å². The first-order valence-corrected chi connectivity index (χ1v) is 8.06. The number of ether oxygens (including phenoxy) is 1. The second-order valence-electron chi connectivity index (χ2n) is 5.20. The molecule has 0 spiro atoms. The van der Waals surface area contributed by atoms with E-state index in [1.54, 1.807) is 43.3 Å². The quantitative estimate of drug-likeness (QED) is 0.765. The highest BCUT2D eigenvalue weighted by Crippen LogP contribution is 2.39. The van der Waals surface area contributed by atoms with Gasteiger partial charge in [-0.05, 0) is 30.2 Å². The van der Waals surface area contributed by atoms with Crippen molar-refractivity contribution in [2.24, 2.45) is 4.36 Å². The molecule has 0 saturated heterocycles. The SMILES string of the molecule is Cc1ccc(C2=C(c3ccc(Cl)cc3)C(=O)OC2)c(N=S=O)c1F. The molecule has 122 valence electrons. The largest absolute Gasteiger partial charge is 0.457 e. The predicted octanol–water partition coefficient (Wildman–Crippen LogP) is 4.28. The Morgan fingerprint density at radius 3 is 2.58 bits per heavy atom. The third kappa shape index (κ3) is 2.90. The van der Waals surface area contributed by atoms with Gasteiger partial charge in [0.05, 0.1) is 5.57 Å². The summed E-state index contributed by atoms with van der Waals surface area (Å²) in [4.78, 5) is 12.2. The molecule has 1 heterocycles. The summed E-state index contributed by atoms with van der Waals surface area (Å²) < 4.78 is 34.0. The summed E-state index contributed by atoms with van der Waals surface area (Å²) in [5.74, 6) is -1.09. The number of cyclic esters (lactones) is 1. The molecule has 0 amide bonds. The number of nitrogens with zero attached hydrogens (tertiary/aromatic N) is 1. The second-order valence-corrected chi connectivity index (χ2v) is 5.96. The van der Waals surface area contributed by atoms with Gasteiger partial charge in [-0.1, -0.05) is 35.9 Å². The van der Waals surface area contributed by atoms with Gasteiger partial charge < -0.3 is 4.74 Å². The maximum Gasteiger partial charge on any atom is 0.339 e. The van der Waals surface area contributed by atoms with Gasteiger partial charge in [0.25, 0.3) is 0 Å². The second kappa shape index (κ2) is 6.67. The van der Waals surface area contributed by atoms with Crippen molar-refractivity contribution < 1.29 is 18.1 Å². The van der Waals surface area contributed by atoms with E-state index in [-0.39, 0.29) is 23.8 Å². The average molecular weight is 364 g/mol. The Hall–Kier alpha value is -2.31. The van der Waals surface area contributed by atoms with Gasteiger partial charge in [0.1, 0.15) is 12.3 Å². The Morgan fingerprint density at radius 1 is 1.21 bits per heavy atom. The van der Waals surface area contributed by atoms with Crippen LogP contribution in [0, 0.1) is 12.7 Å². The van der Waals surface area contributed by atoms with Crippen LogP contribution in [0.25, 0.3) is 11.1 Å². The summed E-state index contributed by atoms with van der Waals surface area (Å²) in [5.41, 5.74) is 2.09. The molecule has 3 rings (SSSR count). The van der Waals surface area contributed by atoms with E-state index in [9.17, 15) is 13.4 Å². The zero-order chi connectivity index (χ0) is 17.3. The Bertz CT molecular complexity index is 918. The molecule has 4 nitrogen and oxygen atoms in total. The number of aryl methyl sites for hydroxylation is 1. The molecule has 0 fully saturated rings. The van der Waals surface area contributed by atoms with E-state index in [1.807, 2.05) is 0 Å². The van der Waals surface area contributed by atoms with E-state index in [2.05, 4.69) is 4.36 Å². The van der Waals surface area contributed by atoms with Crippen molar-refractivity contribution in [3.63, 3.8) is 0 Å². The summed E-state index contributed by atoms with van der Waals surface area (Å²) in [6, 6.07) is 9.90. The summed E-state index contributed by atoms with van der Waals surface area (Å²) in [7, 11) is 0. The molecular formula is C17H11ClFNO3S. The van der Waals surface area contributed by atoms with Crippen molar-refractivity contribution in [1.82, 2.24) is 0 Å². The molecule has 0 aromatic heterocycles. The van der Waals surface area contributed by atoms with E-state index >= 15 is 0 Å². The number of carbonyl (C=O) groups is 1. The lowest BCUT2D eigenvalue weighted by atomic mass is 9.94. The van der Waals surface area contributed by atoms with E-state index in [4.69, 9.17) is 16.3 Å². The molecule has 0 saturated carbocycles. The molecule has 2 aromatic carbocycles. The minimum absolute atomic E-state index is 0.00859. The number of rotatable bonds is 3. The minimum Gasteiger partial charge on any atom is -0.457 e. The van der Waals surface area contributed by atoms with Gasteiger partial charge in [0.15, 0.2) is 5.82 Å². The molecule has 2 aromatic rings. The zero-order valence-electron chi connectivity index (χ0n) is 12.5. The third-order valence-corrected chi connectivity index (χ3v) is 4.26. The lowest BCUT2D eigenvalue weighted by molar-refractivity contribution is -0.133. The Balaban J connectivity index is 2.27. The topological polar surface area (TPSA) is 55.7 Å². The maximum atomic E-state index is 14.4. The molecular weight excluding hydrogens is 353 g/mol. The number of halogens is 2. The zero-order valence-corrected chi connectivity index (χ0v) is 14.1. The first-order valence-electron chi connectivity index (χ1n) is 6.98. The first-order chi connectivity index (χ1) is 11.5. The molecule has 0 unspecified atom stereocenters. The van der Waals surface area contributed by atoms with Crippen LogP contribution in [-0.4, -0.2) is 16.8 Å². The number of esters is 1. The van der Waals surface area contributed by atoms with E-state index in [0.29, 0.717) is 32.9 Å². The number of benzene rings is 2. The van der Waals surface area contributed by atoms with Crippen LogP contribution in [0.5, 0.6) is 0 Å². The van der Waals surface area contributed by atoms with Crippen LogP contribution >= 0.6 is 11.6 Å². The van der Waals surface area contributed by atoms with Crippen molar-refractivity contribution in [3.8, 4) is 0 Å². The molecule has 7 heteroatoms. The number of hydrogen-bond acceptors (Lipinski definition) is 4. The third-order valence-electron chi connectivity index (χ3n) is 3.75. The van der Waals surface area contributed by atoms with Gasteiger partial charge in [-0.15, -0.1) is 0 Å². The van der Waals surface area contributed by atoms with Crippen molar-refractivity contribution in [2.75, 3.05) is 6.61 Å². The van der Waals surface area contributed by atoms with E-state index in [1.165, 1.54) is 0 Å². The fourth-order valence-corrected chi connectivity index (χ4v) is 2.94. The highest BCUT2D eigenvalue weighted by atomic mass is 35.5. The standard InChI is InChI=1S/C17H11ClFNO3S/c1-9-2-7-12(16(15(9)19)20-24-22)13-8-23-17(21)14(13)10-3-5-11(18)6-4-10/h2-7H,8H2,1H3. The van der Waals surface area contributed by atoms with Crippen LogP contribution in [0.2, 0.25) is 5.02 Å². The molecule has 0 N–H and O–H groups in total. The van der Waals surface area contributed by atoms with Crippen molar-refractivity contribution >= 4 is 45.9 Å². The minimum atomic E-state index is -0.585. The summed E-state index contributed by atoms with van der Waals surface area (Å²) in [6.45, 7) is 1.57. The van der Waals surface area contributed by atoms with E-state index in [0.717, 1.165) is 0 Å². The van der Waals surface area contributed by atoms with Crippen LogP contribution in [-0.2, 0) is 21.0 Å².